The van der Waals surface area contributed by atoms with Gasteiger partial charge in [-0.3, -0.25) is 4.79 Å². The standard InChI is InChI=1S/C23H18FN3OS/c1-16-7-12-20-21(13-16)29-23(26-20)27(22(28)14-17-5-3-2-4-6-17)25-15-18-8-10-19(24)11-9-18/h2-13,15H,14H2,1H3/b25-15+. The number of thiazole rings is 1. The second-order valence-corrected chi connectivity index (χ2v) is 7.64. The minimum absolute atomic E-state index is 0.190. The van der Waals surface area contributed by atoms with Gasteiger partial charge in [-0.25, -0.2) is 9.37 Å². The van der Waals surface area contributed by atoms with Crippen molar-refractivity contribution in [2.24, 2.45) is 5.10 Å². The molecule has 29 heavy (non-hydrogen) atoms. The van der Waals surface area contributed by atoms with Gasteiger partial charge in [-0.05, 0) is 47.9 Å². The van der Waals surface area contributed by atoms with E-state index >= 15 is 0 Å². The number of halogens is 1. The first-order valence-electron chi connectivity index (χ1n) is 9.12. The molecule has 4 nitrogen and oxygen atoms in total. The Morgan fingerprint density at radius 2 is 1.86 bits per heavy atom. The van der Waals surface area contributed by atoms with Gasteiger partial charge < -0.3 is 0 Å². The molecule has 0 bridgehead atoms. The second kappa shape index (κ2) is 8.32. The maximum absolute atomic E-state index is 13.2. The number of carbonyl (C=O) groups excluding carboxylic acids is 1. The Hall–Kier alpha value is -3.38. The highest BCUT2D eigenvalue weighted by molar-refractivity contribution is 7.22. The molecule has 1 amide bonds. The molecule has 4 rings (SSSR count). The third kappa shape index (κ3) is 4.55. The van der Waals surface area contributed by atoms with E-state index < -0.39 is 0 Å². The first kappa shape index (κ1) is 19.0. The molecule has 3 aromatic carbocycles. The molecular formula is C23H18FN3OS. The highest BCUT2D eigenvalue weighted by Crippen LogP contribution is 2.30. The van der Waals surface area contributed by atoms with E-state index in [2.05, 4.69) is 10.1 Å². The molecule has 0 atom stereocenters. The maximum Gasteiger partial charge on any atom is 0.253 e. The molecule has 0 aliphatic carbocycles. The summed E-state index contributed by atoms with van der Waals surface area (Å²) in [4.78, 5) is 17.6. The van der Waals surface area contributed by atoms with E-state index in [1.807, 2.05) is 55.5 Å². The zero-order valence-corrected chi connectivity index (χ0v) is 16.6. The van der Waals surface area contributed by atoms with Crippen LogP contribution in [0.4, 0.5) is 9.52 Å². The number of hydrazone groups is 1. The van der Waals surface area contributed by atoms with Crippen molar-refractivity contribution in [3.8, 4) is 0 Å². The lowest BCUT2D eigenvalue weighted by Gasteiger charge is -2.13. The molecule has 0 aliphatic rings. The minimum Gasteiger partial charge on any atom is -0.272 e. The number of aromatic nitrogens is 1. The topological polar surface area (TPSA) is 45.6 Å². The summed E-state index contributed by atoms with van der Waals surface area (Å²) in [7, 11) is 0. The highest BCUT2D eigenvalue weighted by atomic mass is 32.1. The van der Waals surface area contributed by atoms with Crippen LogP contribution in [0.1, 0.15) is 16.7 Å². The SMILES string of the molecule is Cc1ccc2nc(N(/N=C/c3ccc(F)cc3)C(=O)Cc3ccccc3)sc2c1. The summed E-state index contributed by atoms with van der Waals surface area (Å²) in [6.45, 7) is 2.02. The van der Waals surface area contributed by atoms with Crippen molar-refractivity contribution in [1.29, 1.82) is 0 Å². The first-order valence-corrected chi connectivity index (χ1v) is 9.94. The number of rotatable bonds is 5. The summed E-state index contributed by atoms with van der Waals surface area (Å²) in [5.74, 6) is -0.508. The Morgan fingerprint density at radius 3 is 2.62 bits per heavy atom. The lowest BCUT2D eigenvalue weighted by atomic mass is 10.1. The zero-order valence-electron chi connectivity index (χ0n) is 15.7. The van der Waals surface area contributed by atoms with Crippen LogP contribution in [0.25, 0.3) is 10.2 Å². The summed E-state index contributed by atoms with van der Waals surface area (Å²) in [6.07, 6.45) is 1.75. The third-order valence-corrected chi connectivity index (χ3v) is 5.33. The lowest BCUT2D eigenvalue weighted by molar-refractivity contribution is -0.118. The lowest BCUT2D eigenvalue weighted by Crippen LogP contribution is -2.27. The van der Waals surface area contributed by atoms with Crippen LogP contribution in [0, 0.1) is 12.7 Å². The molecule has 4 aromatic rings. The largest absolute Gasteiger partial charge is 0.272 e. The molecule has 0 N–H and O–H groups in total. The Kier molecular flexibility index (Phi) is 5.44. The molecule has 1 heterocycles. The Labute approximate surface area is 171 Å². The van der Waals surface area contributed by atoms with Crippen molar-refractivity contribution in [3.05, 3.63) is 95.3 Å². The average molecular weight is 403 g/mol. The van der Waals surface area contributed by atoms with Crippen LogP contribution in [0.2, 0.25) is 0 Å². The van der Waals surface area contributed by atoms with E-state index in [1.54, 1.807) is 18.3 Å². The second-order valence-electron chi connectivity index (χ2n) is 6.63. The number of amides is 1. The number of hydrogen-bond acceptors (Lipinski definition) is 4. The molecular weight excluding hydrogens is 385 g/mol. The van der Waals surface area contributed by atoms with Gasteiger partial charge in [-0.15, -0.1) is 0 Å². The summed E-state index contributed by atoms with van der Waals surface area (Å²) in [6, 6.07) is 21.4. The number of hydrogen-bond donors (Lipinski definition) is 0. The van der Waals surface area contributed by atoms with E-state index in [0.717, 1.165) is 21.3 Å². The molecule has 0 radical (unpaired) electrons. The molecule has 0 aliphatic heterocycles. The van der Waals surface area contributed by atoms with Crippen LogP contribution < -0.4 is 5.01 Å². The molecule has 0 fully saturated rings. The fourth-order valence-corrected chi connectivity index (χ4v) is 3.89. The van der Waals surface area contributed by atoms with Gasteiger partial charge in [0.05, 0.1) is 22.9 Å². The van der Waals surface area contributed by atoms with E-state index in [-0.39, 0.29) is 18.1 Å². The Bertz CT molecular complexity index is 1170. The highest BCUT2D eigenvalue weighted by Gasteiger charge is 2.19. The van der Waals surface area contributed by atoms with Gasteiger partial charge in [0, 0.05) is 0 Å². The van der Waals surface area contributed by atoms with Gasteiger partial charge in [-0.2, -0.15) is 10.1 Å². The molecule has 144 valence electrons. The quantitative estimate of drug-likeness (QED) is 0.333. The fraction of sp³-hybridized carbons (Fsp3) is 0.0870. The minimum atomic E-state index is -0.319. The van der Waals surface area contributed by atoms with Gasteiger partial charge in [0.15, 0.2) is 0 Å². The van der Waals surface area contributed by atoms with Gasteiger partial charge in [0.25, 0.3) is 5.91 Å². The molecule has 0 spiro atoms. The van der Waals surface area contributed by atoms with Crippen molar-refractivity contribution in [2.45, 2.75) is 13.3 Å². The van der Waals surface area contributed by atoms with Gasteiger partial charge in [0.2, 0.25) is 5.13 Å². The van der Waals surface area contributed by atoms with Gasteiger partial charge >= 0.3 is 0 Å². The molecule has 1 aromatic heterocycles. The normalized spacial score (nSPS) is 11.2. The van der Waals surface area contributed by atoms with E-state index in [9.17, 15) is 9.18 Å². The first-order chi connectivity index (χ1) is 14.1. The number of aryl methyl sites for hydroxylation is 1. The van der Waals surface area contributed by atoms with Crippen LogP contribution in [0.3, 0.4) is 0 Å². The molecule has 0 saturated carbocycles. The molecule has 6 heteroatoms. The van der Waals surface area contributed by atoms with Crippen LogP contribution in [0.5, 0.6) is 0 Å². The molecule has 0 saturated heterocycles. The fourth-order valence-electron chi connectivity index (χ4n) is 2.85. The van der Waals surface area contributed by atoms with Crippen LogP contribution >= 0.6 is 11.3 Å². The van der Waals surface area contributed by atoms with E-state index in [4.69, 9.17) is 0 Å². The van der Waals surface area contributed by atoms with Crippen molar-refractivity contribution in [3.63, 3.8) is 0 Å². The number of fused-ring (bicyclic) bond motifs is 1. The van der Waals surface area contributed by atoms with Crippen molar-refractivity contribution in [2.75, 3.05) is 5.01 Å². The van der Waals surface area contributed by atoms with Crippen molar-refractivity contribution in [1.82, 2.24) is 4.98 Å². The predicted octanol–water partition coefficient (Wildman–Crippen LogP) is 5.35. The van der Waals surface area contributed by atoms with Crippen molar-refractivity contribution < 1.29 is 9.18 Å². The Balaban J connectivity index is 1.68. The van der Waals surface area contributed by atoms with Crippen LogP contribution in [0.15, 0.2) is 77.9 Å². The third-order valence-electron chi connectivity index (χ3n) is 4.34. The number of benzene rings is 3. The van der Waals surface area contributed by atoms with E-state index in [1.165, 1.54) is 28.5 Å². The predicted molar refractivity (Wildman–Crippen MR) is 116 cm³/mol. The van der Waals surface area contributed by atoms with Gasteiger partial charge in [-0.1, -0.05) is 59.9 Å². The van der Waals surface area contributed by atoms with E-state index in [0.29, 0.717) is 10.7 Å². The summed E-state index contributed by atoms with van der Waals surface area (Å²) in [5.41, 5.74) is 3.55. The summed E-state index contributed by atoms with van der Waals surface area (Å²) < 4.78 is 14.1. The van der Waals surface area contributed by atoms with Crippen molar-refractivity contribution >= 4 is 38.8 Å². The van der Waals surface area contributed by atoms with Gasteiger partial charge in [0.1, 0.15) is 5.82 Å². The smallest absolute Gasteiger partial charge is 0.253 e. The molecule has 0 unspecified atom stereocenters. The Morgan fingerprint density at radius 1 is 1.10 bits per heavy atom. The zero-order chi connectivity index (χ0) is 20.2. The summed E-state index contributed by atoms with van der Waals surface area (Å²) >= 11 is 1.42. The number of anilines is 1. The van der Waals surface area contributed by atoms with Crippen LogP contribution in [-0.4, -0.2) is 17.1 Å². The summed E-state index contributed by atoms with van der Waals surface area (Å²) in [5, 5.41) is 6.23. The maximum atomic E-state index is 13.2. The number of nitrogens with zero attached hydrogens (tertiary/aromatic N) is 3. The average Bonchev–Trinajstić information content (AvgIpc) is 3.13. The number of carbonyl (C=O) groups is 1. The van der Waals surface area contributed by atoms with Crippen LogP contribution in [-0.2, 0) is 11.2 Å². The monoisotopic (exact) mass is 403 g/mol.